The molecule has 142 valence electrons. The predicted molar refractivity (Wildman–Crippen MR) is 106 cm³/mol. The second kappa shape index (κ2) is 7.57. The number of hydrogen-bond donors (Lipinski definition) is 1. The third-order valence-corrected chi connectivity index (χ3v) is 4.27. The van der Waals surface area contributed by atoms with E-state index < -0.39 is 11.4 Å². The topological polar surface area (TPSA) is 83.6 Å². The Balaban J connectivity index is 1.73. The van der Waals surface area contributed by atoms with E-state index in [9.17, 15) is 14.9 Å². The van der Waals surface area contributed by atoms with Gasteiger partial charge in [-0.25, -0.2) is 4.79 Å². The minimum Gasteiger partial charge on any atom is -0.457 e. The largest absolute Gasteiger partial charge is 0.457 e. The SMILES string of the molecule is CC(C)(C)C(=O)Nc1cccc(C(=O)OCc2cn3ccccc3c2C#N)c1. The van der Waals surface area contributed by atoms with E-state index in [0.29, 0.717) is 22.4 Å². The van der Waals surface area contributed by atoms with Crippen LogP contribution < -0.4 is 5.32 Å². The van der Waals surface area contributed by atoms with Crippen LogP contribution in [-0.4, -0.2) is 16.3 Å². The van der Waals surface area contributed by atoms with Crippen molar-refractivity contribution < 1.29 is 14.3 Å². The molecule has 0 aliphatic rings. The number of carbonyl (C=O) groups is 2. The number of nitriles is 1. The predicted octanol–water partition coefficient (Wildman–Crippen LogP) is 4.15. The molecule has 28 heavy (non-hydrogen) atoms. The van der Waals surface area contributed by atoms with Gasteiger partial charge in [-0.1, -0.05) is 32.9 Å². The van der Waals surface area contributed by atoms with Crippen LogP contribution in [0.5, 0.6) is 0 Å². The highest BCUT2D eigenvalue weighted by Gasteiger charge is 2.21. The van der Waals surface area contributed by atoms with Crippen molar-refractivity contribution in [3.63, 3.8) is 0 Å². The molecule has 0 saturated heterocycles. The Morgan fingerprint density at radius 1 is 1.18 bits per heavy atom. The van der Waals surface area contributed by atoms with Gasteiger partial charge in [-0.2, -0.15) is 5.26 Å². The van der Waals surface area contributed by atoms with Crippen LogP contribution in [0.15, 0.2) is 54.9 Å². The van der Waals surface area contributed by atoms with Crippen molar-refractivity contribution in [3.8, 4) is 6.07 Å². The molecule has 0 aliphatic carbocycles. The lowest BCUT2D eigenvalue weighted by Crippen LogP contribution is -2.27. The van der Waals surface area contributed by atoms with E-state index in [1.807, 2.05) is 49.6 Å². The van der Waals surface area contributed by atoms with Crippen molar-refractivity contribution in [1.29, 1.82) is 5.26 Å². The number of rotatable bonds is 4. The highest BCUT2D eigenvalue weighted by Crippen LogP contribution is 2.21. The average Bonchev–Trinajstić information content (AvgIpc) is 3.03. The summed E-state index contributed by atoms with van der Waals surface area (Å²) in [5.41, 5.74) is 2.21. The van der Waals surface area contributed by atoms with Gasteiger partial charge < -0.3 is 14.5 Å². The van der Waals surface area contributed by atoms with Crippen LogP contribution in [0.2, 0.25) is 0 Å². The number of benzene rings is 1. The number of anilines is 1. The fourth-order valence-corrected chi connectivity index (χ4v) is 2.69. The first kappa shape index (κ1) is 19.2. The normalized spacial score (nSPS) is 11.1. The highest BCUT2D eigenvalue weighted by molar-refractivity contribution is 5.96. The molecule has 0 aliphatic heterocycles. The quantitative estimate of drug-likeness (QED) is 0.694. The molecule has 3 aromatic rings. The lowest BCUT2D eigenvalue weighted by Gasteiger charge is -2.17. The van der Waals surface area contributed by atoms with E-state index in [4.69, 9.17) is 4.74 Å². The number of ether oxygens (including phenoxy) is 1. The molecule has 6 heteroatoms. The zero-order valence-corrected chi connectivity index (χ0v) is 16.0. The molecule has 1 amide bonds. The van der Waals surface area contributed by atoms with Gasteiger partial charge in [0.15, 0.2) is 0 Å². The summed E-state index contributed by atoms with van der Waals surface area (Å²) in [4.78, 5) is 24.6. The number of nitrogens with zero attached hydrogens (tertiary/aromatic N) is 2. The van der Waals surface area contributed by atoms with Gasteiger partial charge in [-0.15, -0.1) is 0 Å². The van der Waals surface area contributed by atoms with Crippen LogP contribution in [0.3, 0.4) is 0 Å². The Morgan fingerprint density at radius 2 is 1.96 bits per heavy atom. The van der Waals surface area contributed by atoms with Gasteiger partial charge >= 0.3 is 5.97 Å². The molecule has 0 atom stereocenters. The Hall–Kier alpha value is -3.59. The second-order valence-corrected chi connectivity index (χ2v) is 7.50. The lowest BCUT2D eigenvalue weighted by atomic mass is 9.95. The summed E-state index contributed by atoms with van der Waals surface area (Å²) >= 11 is 0. The molecule has 0 saturated carbocycles. The summed E-state index contributed by atoms with van der Waals surface area (Å²) in [6.45, 7) is 5.43. The molecule has 0 fully saturated rings. The minimum atomic E-state index is -0.540. The van der Waals surface area contributed by atoms with Crippen molar-refractivity contribution >= 4 is 23.1 Å². The van der Waals surface area contributed by atoms with E-state index in [2.05, 4.69) is 11.4 Å². The molecule has 0 spiro atoms. The van der Waals surface area contributed by atoms with E-state index in [1.54, 1.807) is 30.5 Å². The average molecular weight is 375 g/mol. The number of esters is 1. The van der Waals surface area contributed by atoms with Crippen LogP contribution in [0.1, 0.15) is 42.3 Å². The smallest absolute Gasteiger partial charge is 0.338 e. The van der Waals surface area contributed by atoms with Gasteiger partial charge in [0.2, 0.25) is 5.91 Å². The van der Waals surface area contributed by atoms with Crippen LogP contribution >= 0.6 is 0 Å². The van der Waals surface area contributed by atoms with E-state index in [1.165, 1.54) is 0 Å². The zero-order valence-electron chi connectivity index (χ0n) is 16.0. The van der Waals surface area contributed by atoms with Crippen molar-refractivity contribution in [3.05, 3.63) is 71.5 Å². The summed E-state index contributed by atoms with van der Waals surface area (Å²) < 4.78 is 7.22. The number of aromatic nitrogens is 1. The fraction of sp³-hybridized carbons (Fsp3) is 0.227. The summed E-state index contributed by atoms with van der Waals surface area (Å²) in [7, 11) is 0. The maximum atomic E-state index is 12.4. The highest BCUT2D eigenvalue weighted by atomic mass is 16.5. The number of amides is 1. The van der Waals surface area contributed by atoms with Crippen molar-refractivity contribution in [1.82, 2.24) is 4.40 Å². The van der Waals surface area contributed by atoms with Crippen molar-refractivity contribution in [2.24, 2.45) is 5.41 Å². The second-order valence-electron chi connectivity index (χ2n) is 7.50. The molecule has 0 bridgehead atoms. The monoisotopic (exact) mass is 375 g/mol. The van der Waals surface area contributed by atoms with Gasteiger partial charge in [0.25, 0.3) is 0 Å². The molecule has 6 nitrogen and oxygen atoms in total. The summed E-state index contributed by atoms with van der Waals surface area (Å²) in [6, 6.07) is 14.3. The molecule has 2 aromatic heterocycles. The molecule has 3 rings (SSSR count). The molecule has 0 unspecified atom stereocenters. The molecule has 2 heterocycles. The summed E-state index contributed by atoms with van der Waals surface area (Å²) in [5, 5.41) is 12.2. The number of fused-ring (bicyclic) bond motifs is 1. The van der Waals surface area contributed by atoms with Gasteiger partial charge in [-0.3, -0.25) is 4.79 Å². The molecular formula is C22H21N3O3. The number of nitrogens with one attached hydrogen (secondary N) is 1. The van der Waals surface area contributed by atoms with Crippen LogP contribution in [0.4, 0.5) is 5.69 Å². The van der Waals surface area contributed by atoms with Gasteiger partial charge in [0.05, 0.1) is 16.6 Å². The molecule has 0 radical (unpaired) electrons. The van der Waals surface area contributed by atoms with Gasteiger partial charge in [-0.05, 0) is 30.3 Å². The first-order chi connectivity index (χ1) is 13.3. The lowest BCUT2D eigenvalue weighted by molar-refractivity contribution is -0.123. The van der Waals surface area contributed by atoms with Crippen molar-refractivity contribution in [2.45, 2.75) is 27.4 Å². The first-order valence-corrected chi connectivity index (χ1v) is 8.87. The fourth-order valence-electron chi connectivity index (χ4n) is 2.69. The number of carbonyl (C=O) groups excluding carboxylic acids is 2. The van der Waals surface area contributed by atoms with Crippen LogP contribution in [0.25, 0.3) is 5.52 Å². The molecule has 1 N–H and O–H groups in total. The number of pyridine rings is 1. The Kier molecular flexibility index (Phi) is 5.18. The van der Waals surface area contributed by atoms with Crippen LogP contribution in [-0.2, 0) is 16.1 Å². The molecule has 1 aromatic carbocycles. The minimum absolute atomic E-state index is 0.0119. The standard InChI is InChI=1S/C22H21N3O3/c1-22(2,3)21(27)24-17-8-6-7-15(11-17)20(26)28-14-16-13-25-10-5-4-9-19(25)18(16)12-23/h4-11,13H,14H2,1-3H3,(H,24,27). The number of hydrogen-bond acceptors (Lipinski definition) is 4. The van der Waals surface area contributed by atoms with Crippen LogP contribution in [0, 0.1) is 16.7 Å². The van der Waals surface area contributed by atoms with Gasteiger partial charge in [0, 0.05) is 29.1 Å². The van der Waals surface area contributed by atoms with E-state index in [0.717, 1.165) is 5.52 Å². The Labute approximate surface area is 163 Å². The zero-order chi connectivity index (χ0) is 20.3. The maximum Gasteiger partial charge on any atom is 0.338 e. The van der Waals surface area contributed by atoms with Gasteiger partial charge in [0.1, 0.15) is 12.7 Å². The van der Waals surface area contributed by atoms with E-state index >= 15 is 0 Å². The Morgan fingerprint density at radius 3 is 2.68 bits per heavy atom. The third-order valence-electron chi connectivity index (χ3n) is 4.27. The summed E-state index contributed by atoms with van der Waals surface area (Å²) in [5.74, 6) is -0.664. The van der Waals surface area contributed by atoms with Crippen molar-refractivity contribution in [2.75, 3.05) is 5.32 Å². The molecular weight excluding hydrogens is 354 g/mol. The van der Waals surface area contributed by atoms with E-state index in [-0.39, 0.29) is 12.5 Å². The first-order valence-electron chi connectivity index (χ1n) is 8.87. The Bertz CT molecular complexity index is 1080. The summed E-state index contributed by atoms with van der Waals surface area (Å²) in [6.07, 6.45) is 3.62. The third kappa shape index (κ3) is 4.04. The maximum absolute atomic E-state index is 12.4.